The minimum atomic E-state index is -3.32. The predicted molar refractivity (Wildman–Crippen MR) is 74.1 cm³/mol. The molecule has 1 aliphatic rings. The molecule has 0 aromatic carbocycles. The Hall–Kier alpha value is -0.140. The van der Waals surface area contributed by atoms with Gasteiger partial charge in [0.2, 0.25) is 10.0 Å². The first-order valence-electron chi connectivity index (χ1n) is 5.69. The third kappa shape index (κ3) is 2.44. The molecule has 0 amide bonds. The number of thiophene rings is 1. The zero-order valence-corrected chi connectivity index (χ0v) is 13.0. The Morgan fingerprint density at radius 1 is 1.56 bits per heavy atom. The van der Waals surface area contributed by atoms with E-state index in [9.17, 15) is 8.42 Å². The maximum atomic E-state index is 12.3. The Balaban J connectivity index is 2.21. The lowest BCUT2D eigenvalue weighted by molar-refractivity contribution is 0.251. The van der Waals surface area contributed by atoms with Crippen LogP contribution >= 0.6 is 23.1 Å². The summed E-state index contributed by atoms with van der Waals surface area (Å²) < 4.78 is 26.1. The maximum Gasteiger partial charge on any atom is 0.244 e. The van der Waals surface area contributed by atoms with Crippen LogP contribution in [0.5, 0.6) is 0 Å². The van der Waals surface area contributed by atoms with Gasteiger partial charge in [0.1, 0.15) is 0 Å². The molecule has 0 unspecified atom stereocenters. The van der Waals surface area contributed by atoms with E-state index in [-0.39, 0.29) is 11.5 Å². The van der Waals surface area contributed by atoms with Crippen LogP contribution in [0, 0.1) is 5.41 Å². The van der Waals surface area contributed by atoms with Gasteiger partial charge in [0.05, 0.1) is 4.90 Å². The van der Waals surface area contributed by atoms with Gasteiger partial charge in [0, 0.05) is 24.0 Å². The highest BCUT2D eigenvalue weighted by Gasteiger charge is 2.38. The van der Waals surface area contributed by atoms with Gasteiger partial charge < -0.3 is 0 Å². The number of nitrogens with zero attached hydrogens (tertiary/aromatic N) is 1. The highest BCUT2D eigenvalue weighted by atomic mass is 35.5. The minimum absolute atomic E-state index is 0.0945. The summed E-state index contributed by atoms with van der Waals surface area (Å²) in [5, 5.41) is 1.82. The van der Waals surface area contributed by atoms with Crippen molar-refractivity contribution in [3.05, 3.63) is 16.3 Å². The molecule has 0 bridgehead atoms. The van der Waals surface area contributed by atoms with Crippen LogP contribution in [0.2, 0.25) is 0 Å². The third-order valence-corrected chi connectivity index (χ3v) is 6.40. The van der Waals surface area contributed by atoms with Gasteiger partial charge in [-0.15, -0.1) is 11.3 Å². The van der Waals surface area contributed by atoms with Gasteiger partial charge in [-0.1, -0.05) is 20.8 Å². The lowest BCUT2D eigenvalue weighted by Crippen LogP contribution is -2.45. The lowest BCUT2D eigenvalue weighted by atomic mass is 9.87. The summed E-state index contributed by atoms with van der Waals surface area (Å²) >= 11 is 7.23. The Morgan fingerprint density at radius 3 is 2.72 bits per heavy atom. The van der Waals surface area contributed by atoms with Gasteiger partial charge in [-0.25, -0.2) is 13.3 Å². The molecule has 1 atom stereocenters. The van der Waals surface area contributed by atoms with Gasteiger partial charge in [0.25, 0.3) is 0 Å². The zero-order valence-electron chi connectivity index (χ0n) is 10.6. The van der Waals surface area contributed by atoms with Crippen molar-refractivity contribution in [2.45, 2.75) is 38.3 Å². The first kappa shape index (κ1) is 14.3. The largest absolute Gasteiger partial charge is 0.244 e. The summed E-state index contributed by atoms with van der Waals surface area (Å²) in [4.78, 5) is 4.06. The fourth-order valence-electron chi connectivity index (χ4n) is 1.90. The van der Waals surface area contributed by atoms with Crippen molar-refractivity contribution in [3.63, 3.8) is 0 Å². The van der Waals surface area contributed by atoms with Gasteiger partial charge in [-0.05, 0) is 28.6 Å². The average molecular weight is 309 g/mol. The molecule has 18 heavy (non-hydrogen) atoms. The number of nitrogens with one attached hydrogen (secondary N) is 1. The average Bonchev–Trinajstić information content (AvgIpc) is 2.77. The van der Waals surface area contributed by atoms with Crippen molar-refractivity contribution in [2.75, 3.05) is 6.54 Å². The summed E-state index contributed by atoms with van der Waals surface area (Å²) in [5.74, 6) is 0. The summed E-state index contributed by atoms with van der Waals surface area (Å²) in [6, 6.07) is 1.58. The van der Waals surface area contributed by atoms with E-state index in [0.717, 1.165) is 4.88 Å². The Morgan fingerprint density at radius 2 is 2.22 bits per heavy atom. The number of rotatable bonds is 3. The van der Waals surface area contributed by atoms with Gasteiger partial charge in [0.15, 0.2) is 0 Å². The molecule has 0 aliphatic carbocycles. The van der Waals surface area contributed by atoms with Crippen molar-refractivity contribution in [1.29, 1.82) is 0 Å². The highest BCUT2D eigenvalue weighted by Crippen LogP contribution is 2.35. The normalized spacial score (nSPS) is 20.9. The van der Waals surface area contributed by atoms with Crippen LogP contribution in [0.25, 0.3) is 0 Å². The molecule has 0 saturated carbocycles. The smallest absolute Gasteiger partial charge is 0.229 e. The topological polar surface area (TPSA) is 49.4 Å². The standard InChI is InChI=1S/C11H17ClN2O2S2/c1-11(2,3)10(13-12)7-14-6-8-9(4-5-17-8)18(14,15)16/h4-5,10,13H,6-7H2,1-3H3/t10-/m1/s1. The van der Waals surface area contributed by atoms with Crippen molar-refractivity contribution in [3.8, 4) is 0 Å². The van der Waals surface area contributed by atoms with Crippen molar-refractivity contribution in [2.24, 2.45) is 5.41 Å². The van der Waals surface area contributed by atoms with Crippen molar-refractivity contribution >= 4 is 33.1 Å². The second-order valence-electron chi connectivity index (χ2n) is 5.53. The predicted octanol–water partition coefficient (Wildman–Crippen LogP) is 2.41. The number of hydrogen-bond acceptors (Lipinski definition) is 4. The van der Waals surface area contributed by atoms with Crippen LogP contribution in [0.15, 0.2) is 16.3 Å². The maximum absolute atomic E-state index is 12.3. The van der Waals surface area contributed by atoms with Gasteiger partial charge >= 0.3 is 0 Å². The first-order valence-corrected chi connectivity index (χ1v) is 8.39. The number of sulfonamides is 1. The van der Waals surface area contributed by atoms with E-state index in [1.807, 2.05) is 26.2 Å². The van der Waals surface area contributed by atoms with E-state index >= 15 is 0 Å². The molecule has 0 fully saturated rings. The van der Waals surface area contributed by atoms with E-state index in [1.165, 1.54) is 15.6 Å². The zero-order chi connectivity index (χ0) is 13.6. The quantitative estimate of drug-likeness (QED) is 0.872. The summed E-state index contributed by atoms with van der Waals surface area (Å²) in [6.45, 7) is 6.94. The van der Waals surface area contributed by atoms with Crippen LogP contribution in [0.1, 0.15) is 25.6 Å². The molecule has 4 nitrogen and oxygen atoms in total. The first-order chi connectivity index (χ1) is 8.26. The number of fused-ring (bicyclic) bond motifs is 1. The minimum Gasteiger partial charge on any atom is -0.229 e. The Kier molecular flexibility index (Phi) is 3.77. The molecule has 0 spiro atoms. The lowest BCUT2D eigenvalue weighted by Gasteiger charge is -2.31. The van der Waals surface area contributed by atoms with E-state index < -0.39 is 10.0 Å². The SMILES string of the molecule is CC(C)(C)[C@@H](CN1Cc2sccc2S1(=O)=O)NCl. The van der Waals surface area contributed by atoms with E-state index in [1.54, 1.807) is 6.07 Å². The molecular weight excluding hydrogens is 292 g/mol. The second kappa shape index (κ2) is 4.76. The summed E-state index contributed by atoms with van der Waals surface area (Å²) in [5.41, 5.74) is -0.104. The van der Waals surface area contributed by atoms with Crippen molar-refractivity contribution in [1.82, 2.24) is 9.14 Å². The molecule has 1 N–H and O–H groups in total. The van der Waals surface area contributed by atoms with Crippen LogP contribution in [-0.4, -0.2) is 25.3 Å². The number of halogens is 1. The fraction of sp³-hybridized carbons (Fsp3) is 0.636. The summed E-state index contributed by atoms with van der Waals surface area (Å²) in [7, 11) is -3.32. The highest BCUT2D eigenvalue weighted by molar-refractivity contribution is 7.89. The molecule has 1 aromatic heterocycles. The Bertz CT molecular complexity index is 533. The molecule has 1 aromatic rings. The Labute approximate surface area is 117 Å². The molecule has 0 saturated heterocycles. The summed E-state index contributed by atoms with van der Waals surface area (Å²) in [6.07, 6.45) is 0. The van der Waals surface area contributed by atoms with Gasteiger partial charge in [-0.2, -0.15) is 4.31 Å². The van der Waals surface area contributed by atoms with Gasteiger partial charge in [-0.3, -0.25) is 0 Å². The third-order valence-electron chi connectivity index (χ3n) is 3.21. The second-order valence-corrected chi connectivity index (χ2v) is 8.66. The molecule has 102 valence electrons. The van der Waals surface area contributed by atoms with Crippen LogP contribution in [-0.2, 0) is 16.6 Å². The van der Waals surface area contributed by atoms with E-state index in [0.29, 0.717) is 18.0 Å². The molecule has 0 radical (unpaired) electrons. The fourth-order valence-corrected chi connectivity index (χ4v) is 5.22. The van der Waals surface area contributed by atoms with Crippen molar-refractivity contribution < 1.29 is 8.42 Å². The van der Waals surface area contributed by atoms with E-state index in [4.69, 9.17) is 11.8 Å². The molecule has 7 heteroatoms. The number of hydrogen-bond donors (Lipinski definition) is 1. The molecular formula is C11H17ClN2O2S2. The van der Waals surface area contributed by atoms with E-state index in [2.05, 4.69) is 4.84 Å². The molecule has 2 heterocycles. The molecule has 1 aliphatic heterocycles. The van der Waals surface area contributed by atoms with Crippen LogP contribution < -0.4 is 4.84 Å². The van der Waals surface area contributed by atoms with Crippen LogP contribution in [0.4, 0.5) is 0 Å². The van der Waals surface area contributed by atoms with Crippen LogP contribution in [0.3, 0.4) is 0 Å². The molecule has 2 rings (SSSR count). The monoisotopic (exact) mass is 308 g/mol.